The van der Waals surface area contributed by atoms with Gasteiger partial charge >= 0.3 is 35.1 Å². The number of halogens is 7. The minimum Gasteiger partial charge on any atom is -0.457 e. The lowest BCUT2D eigenvalue weighted by molar-refractivity contribution is -0.355. The molecule has 1 rings (SSSR count). The van der Waals surface area contributed by atoms with E-state index in [0.717, 1.165) is 6.42 Å². The molecule has 0 radical (unpaired) electrons. The second kappa shape index (κ2) is 10.9. The van der Waals surface area contributed by atoms with E-state index in [2.05, 4.69) is 28.7 Å². The first-order chi connectivity index (χ1) is 14.2. The van der Waals surface area contributed by atoms with Crippen LogP contribution in [0.2, 0.25) is 0 Å². The third-order valence-corrected chi connectivity index (χ3v) is 4.84. The molecule has 0 heterocycles. The van der Waals surface area contributed by atoms with Gasteiger partial charge in [-0.15, -0.1) is 0 Å². The van der Waals surface area contributed by atoms with E-state index in [4.69, 9.17) is 4.74 Å². The molecule has 1 atom stereocenters. The molecular formula is C18H23F7O5S. The van der Waals surface area contributed by atoms with Gasteiger partial charge in [0.05, 0.1) is 6.61 Å². The number of ether oxygens (including phenoxy) is 3. The molecule has 0 bridgehead atoms. The molecule has 0 aromatic heterocycles. The summed E-state index contributed by atoms with van der Waals surface area (Å²) in [5.41, 5.74) is 0. The largest absolute Gasteiger partial charge is 0.468 e. The van der Waals surface area contributed by atoms with Crippen LogP contribution in [0.5, 0.6) is 0 Å². The molecule has 0 amide bonds. The van der Waals surface area contributed by atoms with Gasteiger partial charge in [-0.1, -0.05) is 25.6 Å². The van der Waals surface area contributed by atoms with E-state index < -0.39 is 67.1 Å². The molecule has 5 nitrogen and oxygen atoms in total. The average Bonchev–Trinajstić information content (AvgIpc) is 2.65. The third-order valence-electron chi connectivity index (χ3n) is 4.51. The van der Waals surface area contributed by atoms with E-state index in [1.54, 1.807) is 0 Å². The SMILES string of the molecule is C=CC(=O)OC(OCCCCC(F)(F)C(F)(F)S)(C(=O)OC1CCCCC1)C(F)(F)F. The zero-order chi connectivity index (χ0) is 23.9. The van der Waals surface area contributed by atoms with E-state index in [1.165, 1.54) is 0 Å². The van der Waals surface area contributed by atoms with Gasteiger partial charge in [0.15, 0.2) is 0 Å². The van der Waals surface area contributed by atoms with Gasteiger partial charge in [0, 0.05) is 12.5 Å². The molecule has 1 saturated carbocycles. The predicted octanol–water partition coefficient (Wildman–Crippen LogP) is 5.19. The maximum atomic E-state index is 13.8. The molecular weight excluding hydrogens is 461 g/mol. The fraction of sp³-hybridized carbons (Fsp3) is 0.778. The Kier molecular flexibility index (Phi) is 9.67. The van der Waals surface area contributed by atoms with E-state index in [-0.39, 0.29) is 0 Å². The Labute approximate surface area is 179 Å². The van der Waals surface area contributed by atoms with Gasteiger partial charge in [-0.3, -0.25) is 0 Å². The fourth-order valence-corrected chi connectivity index (χ4v) is 2.91. The lowest BCUT2D eigenvalue weighted by Gasteiger charge is -2.34. The summed E-state index contributed by atoms with van der Waals surface area (Å²) in [5, 5.41) is -4.62. The van der Waals surface area contributed by atoms with Gasteiger partial charge in [0.1, 0.15) is 6.10 Å². The van der Waals surface area contributed by atoms with Crippen molar-refractivity contribution in [2.24, 2.45) is 0 Å². The summed E-state index contributed by atoms with van der Waals surface area (Å²) >= 11 is 2.49. The number of carbonyl (C=O) groups excluding carboxylic acids is 2. The van der Waals surface area contributed by atoms with E-state index in [1.807, 2.05) is 0 Å². The van der Waals surface area contributed by atoms with E-state index >= 15 is 0 Å². The number of carbonyl (C=O) groups is 2. The lowest BCUT2D eigenvalue weighted by atomic mass is 9.98. The summed E-state index contributed by atoms with van der Waals surface area (Å²) in [4.78, 5) is 23.9. The zero-order valence-electron chi connectivity index (χ0n) is 16.4. The minimum atomic E-state index is -5.58. The molecule has 0 aromatic rings. The molecule has 1 aliphatic rings. The highest BCUT2D eigenvalue weighted by atomic mass is 32.1. The first-order valence-electron chi connectivity index (χ1n) is 9.41. The van der Waals surface area contributed by atoms with Crippen LogP contribution in [0, 0.1) is 0 Å². The molecule has 13 heteroatoms. The van der Waals surface area contributed by atoms with Crippen molar-refractivity contribution in [3.05, 3.63) is 12.7 Å². The summed E-state index contributed by atoms with van der Waals surface area (Å²) < 4.78 is 107. The topological polar surface area (TPSA) is 61.8 Å². The van der Waals surface area contributed by atoms with Crippen LogP contribution in [0.1, 0.15) is 51.4 Å². The van der Waals surface area contributed by atoms with Crippen LogP contribution >= 0.6 is 12.6 Å². The predicted molar refractivity (Wildman–Crippen MR) is 96.7 cm³/mol. The molecule has 1 unspecified atom stereocenters. The monoisotopic (exact) mass is 484 g/mol. The Morgan fingerprint density at radius 2 is 1.58 bits per heavy atom. The first kappa shape index (κ1) is 27.5. The number of rotatable bonds is 11. The van der Waals surface area contributed by atoms with E-state index in [9.17, 15) is 40.3 Å². The number of hydrogen-bond acceptors (Lipinski definition) is 6. The second-order valence-corrected chi connectivity index (χ2v) is 7.52. The summed E-state index contributed by atoms with van der Waals surface area (Å²) in [6, 6.07) is 0. The molecule has 0 N–H and O–H groups in total. The minimum absolute atomic E-state index is 0.308. The summed E-state index contributed by atoms with van der Waals surface area (Å²) in [6.45, 7) is 1.93. The smallest absolute Gasteiger partial charge is 0.457 e. The maximum absolute atomic E-state index is 13.8. The summed E-state index contributed by atoms with van der Waals surface area (Å²) in [5.74, 6) is -12.3. The number of alkyl halides is 7. The van der Waals surface area contributed by atoms with Gasteiger partial charge < -0.3 is 14.2 Å². The Morgan fingerprint density at radius 3 is 2.06 bits per heavy atom. The van der Waals surface area contributed by atoms with Gasteiger partial charge in [-0.25, -0.2) is 9.59 Å². The molecule has 180 valence electrons. The van der Waals surface area contributed by atoms with Crippen LogP contribution in [-0.2, 0) is 23.8 Å². The van der Waals surface area contributed by atoms with Crippen molar-refractivity contribution in [1.29, 1.82) is 0 Å². The summed E-state index contributed by atoms with van der Waals surface area (Å²) in [6.07, 6.45) is -6.06. The molecule has 31 heavy (non-hydrogen) atoms. The van der Waals surface area contributed by atoms with Crippen LogP contribution in [-0.4, -0.2) is 47.8 Å². The van der Waals surface area contributed by atoms with Crippen molar-refractivity contribution < 1.29 is 54.5 Å². The Bertz CT molecular complexity index is 630. The van der Waals surface area contributed by atoms with Crippen molar-refractivity contribution in [2.75, 3.05) is 6.61 Å². The third kappa shape index (κ3) is 7.55. The van der Waals surface area contributed by atoms with Gasteiger partial charge in [0.25, 0.3) is 0 Å². The van der Waals surface area contributed by atoms with Crippen molar-refractivity contribution in [2.45, 2.75) is 80.6 Å². The number of hydrogen-bond donors (Lipinski definition) is 1. The van der Waals surface area contributed by atoms with Crippen LogP contribution in [0.4, 0.5) is 30.7 Å². The summed E-state index contributed by atoms with van der Waals surface area (Å²) in [7, 11) is 0. The normalized spacial score (nSPS) is 18.2. The quantitative estimate of drug-likeness (QED) is 0.109. The Balaban J connectivity index is 2.91. The van der Waals surface area contributed by atoms with Crippen molar-refractivity contribution in [3.8, 4) is 0 Å². The number of thiol groups is 1. The van der Waals surface area contributed by atoms with Gasteiger partial charge in [-0.05, 0) is 38.5 Å². The fourth-order valence-electron chi connectivity index (χ4n) is 2.80. The molecule has 0 aliphatic heterocycles. The van der Waals surface area contributed by atoms with Crippen molar-refractivity contribution in [3.63, 3.8) is 0 Å². The van der Waals surface area contributed by atoms with E-state index in [0.29, 0.717) is 31.8 Å². The molecule has 0 saturated heterocycles. The van der Waals surface area contributed by atoms with Crippen LogP contribution < -0.4 is 0 Å². The Morgan fingerprint density at radius 1 is 1.00 bits per heavy atom. The maximum Gasteiger partial charge on any atom is 0.468 e. The average molecular weight is 484 g/mol. The first-order valence-corrected chi connectivity index (χ1v) is 9.86. The standard InChI is InChI=1S/C18H23F7O5S/c1-2-13(26)30-16(17(21,22)23,14(27)29-12-8-4-3-5-9-12)28-11-7-6-10-15(19,20)18(24,25)31/h2,12,31H,1,3-11H2. The van der Waals surface area contributed by atoms with Gasteiger partial charge in [0.2, 0.25) is 0 Å². The molecule has 1 fully saturated rings. The van der Waals surface area contributed by atoms with Crippen LogP contribution in [0.15, 0.2) is 12.7 Å². The second-order valence-electron chi connectivity index (χ2n) is 6.96. The highest BCUT2D eigenvalue weighted by Crippen LogP contribution is 2.41. The lowest BCUT2D eigenvalue weighted by Crippen LogP contribution is -2.58. The van der Waals surface area contributed by atoms with Crippen LogP contribution in [0.25, 0.3) is 0 Å². The number of esters is 2. The van der Waals surface area contributed by atoms with Gasteiger partial charge in [-0.2, -0.15) is 30.7 Å². The van der Waals surface area contributed by atoms with Crippen LogP contribution in [0.3, 0.4) is 0 Å². The van der Waals surface area contributed by atoms with Crippen molar-refractivity contribution in [1.82, 2.24) is 0 Å². The Hall–Kier alpha value is -1.50. The molecule has 1 aliphatic carbocycles. The highest BCUT2D eigenvalue weighted by Gasteiger charge is 2.68. The molecule has 0 aromatic carbocycles. The highest BCUT2D eigenvalue weighted by molar-refractivity contribution is 7.81. The zero-order valence-corrected chi connectivity index (χ0v) is 17.3. The van der Waals surface area contributed by atoms with Crippen molar-refractivity contribution >= 4 is 24.6 Å². The molecule has 0 spiro atoms. The number of unbranched alkanes of at least 4 members (excludes halogenated alkanes) is 1.